The molecule has 0 spiro atoms. The molecule has 1 heterocycles. The molecule has 1 aliphatic heterocycles. The minimum atomic E-state index is -0.0396. The first kappa shape index (κ1) is 16.4. The molecule has 1 aliphatic carbocycles. The minimum Gasteiger partial charge on any atom is -0.349 e. The maximum atomic E-state index is 12.6. The zero-order chi connectivity index (χ0) is 16.4. The van der Waals surface area contributed by atoms with E-state index in [1.165, 1.54) is 12.8 Å². The van der Waals surface area contributed by atoms with E-state index >= 15 is 0 Å². The molecule has 3 unspecified atom stereocenters. The first-order valence-corrected chi connectivity index (χ1v) is 9.40. The number of carbonyl (C=O) groups is 2. The van der Waals surface area contributed by atoms with Gasteiger partial charge in [-0.05, 0) is 36.5 Å². The first-order chi connectivity index (χ1) is 11.0. The Balaban J connectivity index is 1.74. The maximum Gasteiger partial charge on any atom is 0.251 e. The standard InChI is InChI=1S/C18H24N2O2S/c1-11-4-3-5-14(12(11)2)20-18(22)13-6-7-16-15(10-13)19-17(21)8-9-23-16/h6-7,10-12,14H,3-5,8-9H2,1-2H3,(H,19,21)(H,20,22). The topological polar surface area (TPSA) is 58.2 Å². The van der Waals surface area contributed by atoms with E-state index in [9.17, 15) is 9.59 Å². The summed E-state index contributed by atoms with van der Waals surface area (Å²) in [7, 11) is 0. The molecule has 5 heteroatoms. The fourth-order valence-corrected chi connectivity index (χ4v) is 4.34. The number of nitrogens with one attached hydrogen (secondary N) is 2. The van der Waals surface area contributed by atoms with Gasteiger partial charge in [-0.15, -0.1) is 11.8 Å². The van der Waals surface area contributed by atoms with Crippen LogP contribution in [0.3, 0.4) is 0 Å². The second kappa shape index (κ2) is 6.95. The zero-order valence-corrected chi connectivity index (χ0v) is 14.5. The molecule has 0 radical (unpaired) electrons. The number of thioether (sulfide) groups is 1. The Kier molecular flexibility index (Phi) is 4.95. The van der Waals surface area contributed by atoms with Gasteiger partial charge in [-0.25, -0.2) is 0 Å². The molecule has 1 saturated carbocycles. The van der Waals surface area contributed by atoms with Crippen molar-refractivity contribution in [2.45, 2.75) is 50.5 Å². The Bertz CT molecular complexity index is 617. The lowest BCUT2D eigenvalue weighted by atomic mass is 9.78. The SMILES string of the molecule is CC1CCCC(NC(=O)c2ccc3c(c2)NC(=O)CCS3)C1C. The fourth-order valence-electron chi connectivity index (χ4n) is 3.40. The van der Waals surface area contributed by atoms with Crippen LogP contribution in [0.5, 0.6) is 0 Å². The summed E-state index contributed by atoms with van der Waals surface area (Å²) in [5.74, 6) is 1.91. The van der Waals surface area contributed by atoms with Gasteiger partial charge in [-0.1, -0.05) is 26.7 Å². The summed E-state index contributed by atoms with van der Waals surface area (Å²) < 4.78 is 0. The van der Waals surface area contributed by atoms with Gasteiger partial charge in [0.05, 0.1) is 5.69 Å². The maximum absolute atomic E-state index is 12.6. The quantitative estimate of drug-likeness (QED) is 0.868. The van der Waals surface area contributed by atoms with Crippen LogP contribution in [0.15, 0.2) is 23.1 Å². The predicted octanol–water partition coefficient (Wildman–Crippen LogP) is 3.68. The van der Waals surface area contributed by atoms with Gasteiger partial charge in [0.15, 0.2) is 0 Å². The van der Waals surface area contributed by atoms with E-state index in [0.29, 0.717) is 23.8 Å². The highest BCUT2D eigenvalue weighted by Gasteiger charge is 2.28. The van der Waals surface area contributed by atoms with Gasteiger partial charge >= 0.3 is 0 Å². The lowest BCUT2D eigenvalue weighted by molar-refractivity contribution is -0.115. The van der Waals surface area contributed by atoms with Crippen LogP contribution in [0.2, 0.25) is 0 Å². The summed E-state index contributed by atoms with van der Waals surface area (Å²) >= 11 is 1.66. The molecule has 2 aliphatic rings. The molecule has 1 aromatic rings. The van der Waals surface area contributed by atoms with Crippen molar-refractivity contribution in [3.05, 3.63) is 23.8 Å². The summed E-state index contributed by atoms with van der Waals surface area (Å²) in [5, 5.41) is 6.09. The Morgan fingerprint density at radius 3 is 2.96 bits per heavy atom. The molecule has 3 atom stereocenters. The number of carbonyl (C=O) groups excluding carboxylic acids is 2. The summed E-state index contributed by atoms with van der Waals surface area (Å²) in [6.45, 7) is 4.49. The summed E-state index contributed by atoms with van der Waals surface area (Å²) in [4.78, 5) is 25.3. The Morgan fingerprint density at radius 2 is 2.13 bits per heavy atom. The van der Waals surface area contributed by atoms with Crippen molar-refractivity contribution in [1.29, 1.82) is 0 Å². The number of amides is 2. The van der Waals surface area contributed by atoms with Crippen LogP contribution in [0.1, 0.15) is 49.9 Å². The van der Waals surface area contributed by atoms with Crippen molar-refractivity contribution in [1.82, 2.24) is 5.32 Å². The van der Waals surface area contributed by atoms with E-state index in [1.807, 2.05) is 12.1 Å². The van der Waals surface area contributed by atoms with Gasteiger partial charge in [-0.2, -0.15) is 0 Å². The van der Waals surface area contributed by atoms with Gasteiger partial charge in [0.1, 0.15) is 0 Å². The highest BCUT2D eigenvalue weighted by Crippen LogP contribution is 2.32. The van der Waals surface area contributed by atoms with E-state index in [2.05, 4.69) is 24.5 Å². The van der Waals surface area contributed by atoms with E-state index < -0.39 is 0 Å². The third-order valence-corrected chi connectivity index (χ3v) is 6.20. The van der Waals surface area contributed by atoms with Crippen LogP contribution >= 0.6 is 11.8 Å². The van der Waals surface area contributed by atoms with E-state index in [0.717, 1.165) is 22.8 Å². The smallest absolute Gasteiger partial charge is 0.251 e. The third kappa shape index (κ3) is 3.71. The molecular formula is C18H24N2O2S. The highest BCUT2D eigenvalue weighted by atomic mass is 32.2. The zero-order valence-electron chi connectivity index (χ0n) is 13.7. The fraction of sp³-hybridized carbons (Fsp3) is 0.556. The number of rotatable bonds is 2. The summed E-state index contributed by atoms with van der Waals surface area (Å²) in [6.07, 6.45) is 3.98. The largest absolute Gasteiger partial charge is 0.349 e. The Morgan fingerprint density at radius 1 is 1.30 bits per heavy atom. The van der Waals surface area contributed by atoms with Crippen LogP contribution in [0, 0.1) is 11.8 Å². The molecule has 0 bridgehead atoms. The van der Waals surface area contributed by atoms with Crippen molar-refractivity contribution in [2.24, 2.45) is 11.8 Å². The normalized spacial score (nSPS) is 27.6. The van der Waals surface area contributed by atoms with Crippen molar-refractivity contribution >= 4 is 29.3 Å². The molecule has 23 heavy (non-hydrogen) atoms. The molecule has 0 aromatic heterocycles. The summed E-state index contributed by atoms with van der Waals surface area (Å²) in [6, 6.07) is 5.84. The second-order valence-corrected chi connectivity index (χ2v) is 7.84. The molecule has 4 nitrogen and oxygen atoms in total. The molecule has 3 rings (SSSR count). The van der Waals surface area contributed by atoms with Gasteiger partial charge in [0.25, 0.3) is 5.91 Å². The minimum absolute atomic E-state index is 0.0172. The van der Waals surface area contributed by atoms with Crippen LogP contribution < -0.4 is 10.6 Å². The average Bonchev–Trinajstić information content (AvgIpc) is 2.71. The average molecular weight is 332 g/mol. The van der Waals surface area contributed by atoms with Crippen LogP contribution in [-0.2, 0) is 4.79 Å². The van der Waals surface area contributed by atoms with Crippen molar-refractivity contribution in [3.8, 4) is 0 Å². The molecule has 1 fully saturated rings. The van der Waals surface area contributed by atoms with Gasteiger partial charge < -0.3 is 10.6 Å². The van der Waals surface area contributed by atoms with Gasteiger partial charge in [0, 0.05) is 28.7 Å². The molecular weight excluding hydrogens is 308 g/mol. The Labute approximate surface area is 141 Å². The Hall–Kier alpha value is -1.49. The van der Waals surface area contributed by atoms with Crippen molar-refractivity contribution in [2.75, 3.05) is 11.1 Å². The van der Waals surface area contributed by atoms with Gasteiger partial charge in [-0.3, -0.25) is 9.59 Å². The third-order valence-electron chi connectivity index (χ3n) is 5.13. The van der Waals surface area contributed by atoms with Gasteiger partial charge in [0.2, 0.25) is 5.91 Å². The highest BCUT2D eigenvalue weighted by molar-refractivity contribution is 7.99. The van der Waals surface area contributed by atoms with Crippen LogP contribution in [0.25, 0.3) is 0 Å². The van der Waals surface area contributed by atoms with Crippen molar-refractivity contribution < 1.29 is 9.59 Å². The molecule has 2 amide bonds. The molecule has 0 saturated heterocycles. The monoisotopic (exact) mass is 332 g/mol. The number of anilines is 1. The van der Waals surface area contributed by atoms with Crippen LogP contribution in [0.4, 0.5) is 5.69 Å². The van der Waals surface area contributed by atoms with E-state index in [1.54, 1.807) is 17.8 Å². The predicted molar refractivity (Wildman–Crippen MR) is 93.8 cm³/mol. The lowest BCUT2D eigenvalue weighted by Crippen LogP contribution is -2.43. The first-order valence-electron chi connectivity index (χ1n) is 8.42. The number of fused-ring (bicyclic) bond motifs is 1. The van der Waals surface area contributed by atoms with E-state index in [4.69, 9.17) is 0 Å². The molecule has 2 N–H and O–H groups in total. The summed E-state index contributed by atoms with van der Waals surface area (Å²) in [5.41, 5.74) is 1.38. The number of benzene rings is 1. The van der Waals surface area contributed by atoms with E-state index in [-0.39, 0.29) is 17.9 Å². The number of hydrogen-bond donors (Lipinski definition) is 2. The van der Waals surface area contributed by atoms with Crippen LogP contribution in [-0.4, -0.2) is 23.6 Å². The second-order valence-electron chi connectivity index (χ2n) is 6.70. The van der Waals surface area contributed by atoms with Crippen molar-refractivity contribution in [3.63, 3.8) is 0 Å². The molecule has 1 aromatic carbocycles. The molecule has 124 valence electrons. The lowest BCUT2D eigenvalue weighted by Gasteiger charge is -2.34. The number of hydrogen-bond acceptors (Lipinski definition) is 3.